The van der Waals surface area contributed by atoms with Crippen LogP contribution in [0, 0.1) is 5.92 Å². The van der Waals surface area contributed by atoms with E-state index in [0.29, 0.717) is 0 Å². The van der Waals surface area contributed by atoms with E-state index in [1.165, 1.54) is 30.4 Å². The molecule has 1 fully saturated rings. The molecule has 1 saturated carbocycles. The first-order valence-corrected chi connectivity index (χ1v) is 7.74. The van der Waals surface area contributed by atoms with Gasteiger partial charge in [-0.2, -0.15) is 0 Å². The van der Waals surface area contributed by atoms with Crippen LogP contribution in [0.4, 0.5) is 0 Å². The van der Waals surface area contributed by atoms with Crippen LogP contribution >= 0.6 is 0 Å². The molecule has 0 amide bonds. The summed E-state index contributed by atoms with van der Waals surface area (Å²) in [5.41, 5.74) is 2.18. The summed E-state index contributed by atoms with van der Waals surface area (Å²) in [5.74, 6) is 1.84. The monoisotopic (exact) mass is 277 g/mol. The number of hydrogen-bond acceptors (Lipinski definition) is 2. The van der Waals surface area contributed by atoms with Crippen molar-refractivity contribution in [3.8, 4) is 5.75 Å². The van der Waals surface area contributed by atoms with E-state index in [0.717, 1.165) is 18.1 Å². The summed E-state index contributed by atoms with van der Waals surface area (Å²) in [4.78, 5) is 4.83. The normalized spacial score (nSPS) is 23.4. The molecule has 4 rings (SSSR count). The fourth-order valence-corrected chi connectivity index (χ4v) is 3.26. The molecule has 0 radical (unpaired) electrons. The van der Waals surface area contributed by atoms with Gasteiger partial charge in [0, 0.05) is 5.56 Å². The maximum atomic E-state index is 5.63. The van der Waals surface area contributed by atoms with Crippen LogP contribution in [0.2, 0.25) is 0 Å². The number of hydrogen-bond donors (Lipinski definition) is 0. The fourth-order valence-electron chi connectivity index (χ4n) is 3.26. The first-order valence-electron chi connectivity index (χ1n) is 7.74. The molecule has 2 aromatic rings. The molecular formula is C19H19NO. The molecule has 0 bridgehead atoms. The van der Waals surface area contributed by atoms with Gasteiger partial charge in [0.2, 0.25) is 0 Å². The molecule has 0 aromatic heterocycles. The molecule has 1 heterocycles. The quantitative estimate of drug-likeness (QED) is 0.804. The summed E-state index contributed by atoms with van der Waals surface area (Å²) in [6.45, 7) is 0. The minimum Gasteiger partial charge on any atom is -0.446 e. The van der Waals surface area contributed by atoms with E-state index < -0.39 is 0 Å². The molecule has 1 atom stereocenters. The van der Waals surface area contributed by atoms with Crippen LogP contribution in [0.25, 0.3) is 0 Å². The molecule has 2 aliphatic rings. The Morgan fingerprint density at radius 2 is 1.76 bits per heavy atom. The Labute approximate surface area is 125 Å². The molecule has 2 nitrogen and oxygen atoms in total. The zero-order valence-corrected chi connectivity index (χ0v) is 12.0. The van der Waals surface area contributed by atoms with Crippen molar-refractivity contribution in [3.63, 3.8) is 0 Å². The van der Waals surface area contributed by atoms with Gasteiger partial charge in [0.15, 0.2) is 6.40 Å². The predicted molar refractivity (Wildman–Crippen MR) is 84.7 cm³/mol. The van der Waals surface area contributed by atoms with Gasteiger partial charge in [-0.25, -0.2) is 4.99 Å². The van der Waals surface area contributed by atoms with Crippen LogP contribution in [-0.2, 0) is 5.54 Å². The second-order valence-electron chi connectivity index (χ2n) is 6.06. The minimum absolute atomic E-state index is 0.279. The summed E-state index contributed by atoms with van der Waals surface area (Å²) in [5, 5.41) is 0. The molecule has 106 valence electrons. The second kappa shape index (κ2) is 5.03. The first-order chi connectivity index (χ1) is 10.4. The van der Waals surface area contributed by atoms with Crippen LogP contribution in [0.15, 0.2) is 59.6 Å². The minimum atomic E-state index is -0.279. The van der Waals surface area contributed by atoms with E-state index in [1.54, 1.807) is 6.40 Å². The van der Waals surface area contributed by atoms with Crippen molar-refractivity contribution in [1.29, 1.82) is 0 Å². The van der Waals surface area contributed by atoms with Gasteiger partial charge >= 0.3 is 0 Å². The lowest BCUT2D eigenvalue weighted by atomic mass is 9.78. The van der Waals surface area contributed by atoms with Gasteiger partial charge in [-0.15, -0.1) is 0 Å². The molecule has 2 aromatic carbocycles. The van der Waals surface area contributed by atoms with Gasteiger partial charge in [0.05, 0.1) is 0 Å². The van der Waals surface area contributed by atoms with Crippen LogP contribution in [0.3, 0.4) is 0 Å². The molecule has 1 aliphatic carbocycles. The summed E-state index contributed by atoms with van der Waals surface area (Å²) in [6, 6.07) is 18.9. The van der Waals surface area contributed by atoms with Crippen molar-refractivity contribution in [3.05, 3.63) is 65.7 Å². The van der Waals surface area contributed by atoms with Gasteiger partial charge in [-0.3, -0.25) is 0 Å². The second-order valence-corrected chi connectivity index (χ2v) is 6.06. The molecule has 21 heavy (non-hydrogen) atoms. The van der Waals surface area contributed by atoms with E-state index in [4.69, 9.17) is 9.73 Å². The zero-order chi connectivity index (χ0) is 14.1. The molecule has 0 saturated heterocycles. The molecule has 0 N–H and O–H groups in total. The number of aliphatic imine (C=N–C) groups is 1. The third-order valence-corrected chi connectivity index (χ3v) is 4.65. The topological polar surface area (TPSA) is 21.6 Å². The Bertz CT molecular complexity index is 660. The maximum absolute atomic E-state index is 5.63. The number of rotatable bonds is 4. The largest absolute Gasteiger partial charge is 0.446 e. The highest BCUT2D eigenvalue weighted by Gasteiger charge is 2.39. The Morgan fingerprint density at radius 3 is 2.57 bits per heavy atom. The lowest BCUT2D eigenvalue weighted by Crippen LogP contribution is -2.29. The van der Waals surface area contributed by atoms with Crippen molar-refractivity contribution in [2.75, 3.05) is 0 Å². The smallest absolute Gasteiger partial charge is 0.177 e. The standard InChI is InChI=1S/C19H19NO/c1-2-6-16(7-3-1)19(13-12-15-10-11-15)17-8-4-5-9-18(17)21-14-20-19/h1-9,14-15H,10-13H2. The average Bonchev–Trinajstić information content (AvgIpc) is 3.38. The van der Waals surface area contributed by atoms with E-state index >= 15 is 0 Å². The van der Waals surface area contributed by atoms with Crippen LogP contribution in [0.1, 0.15) is 36.8 Å². The highest BCUT2D eigenvalue weighted by Crippen LogP contribution is 2.47. The Balaban J connectivity index is 1.82. The van der Waals surface area contributed by atoms with Crippen molar-refractivity contribution in [2.45, 2.75) is 31.2 Å². The Kier molecular flexibility index (Phi) is 3.03. The average molecular weight is 277 g/mol. The Hall–Kier alpha value is -2.09. The molecule has 1 aliphatic heterocycles. The highest BCUT2D eigenvalue weighted by molar-refractivity contribution is 5.62. The molecular weight excluding hydrogens is 258 g/mol. The van der Waals surface area contributed by atoms with Gasteiger partial charge < -0.3 is 4.74 Å². The van der Waals surface area contributed by atoms with Crippen LogP contribution in [-0.4, -0.2) is 6.40 Å². The van der Waals surface area contributed by atoms with Gasteiger partial charge in [0.25, 0.3) is 0 Å². The van der Waals surface area contributed by atoms with Crippen molar-refractivity contribution >= 4 is 6.40 Å². The number of fused-ring (bicyclic) bond motifs is 1. The lowest BCUT2D eigenvalue weighted by molar-refractivity contribution is 0.408. The number of benzene rings is 2. The summed E-state index contributed by atoms with van der Waals surface area (Å²) in [6.07, 6.45) is 6.68. The summed E-state index contributed by atoms with van der Waals surface area (Å²) < 4.78 is 5.63. The zero-order valence-electron chi connectivity index (χ0n) is 12.0. The van der Waals surface area contributed by atoms with E-state index in [-0.39, 0.29) is 5.54 Å². The number of para-hydroxylation sites is 1. The van der Waals surface area contributed by atoms with Crippen molar-refractivity contribution in [2.24, 2.45) is 10.9 Å². The van der Waals surface area contributed by atoms with Gasteiger partial charge in [-0.1, -0.05) is 61.4 Å². The third-order valence-electron chi connectivity index (χ3n) is 4.65. The van der Waals surface area contributed by atoms with E-state index in [2.05, 4.69) is 42.5 Å². The molecule has 0 spiro atoms. The fraction of sp³-hybridized carbons (Fsp3) is 0.316. The SMILES string of the molecule is C1=NC(CCC2CC2)(c2ccccc2)c2ccccc2O1. The number of nitrogens with zero attached hydrogens (tertiary/aromatic N) is 1. The van der Waals surface area contributed by atoms with Gasteiger partial charge in [-0.05, 0) is 30.4 Å². The van der Waals surface area contributed by atoms with Gasteiger partial charge in [0.1, 0.15) is 11.3 Å². The van der Waals surface area contributed by atoms with E-state index in [1.807, 2.05) is 12.1 Å². The summed E-state index contributed by atoms with van der Waals surface area (Å²) in [7, 11) is 0. The van der Waals surface area contributed by atoms with E-state index in [9.17, 15) is 0 Å². The molecule has 2 heteroatoms. The van der Waals surface area contributed by atoms with Crippen molar-refractivity contribution < 1.29 is 4.74 Å². The summed E-state index contributed by atoms with van der Waals surface area (Å²) >= 11 is 0. The third kappa shape index (κ3) is 2.25. The van der Waals surface area contributed by atoms with Crippen LogP contribution in [0.5, 0.6) is 5.75 Å². The van der Waals surface area contributed by atoms with Crippen molar-refractivity contribution in [1.82, 2.24) is 0 Å². The first kappa shape index (κ1) is 12.6. The highest BCUT2D eigenvalue weighted by atomic mass is 16.5. The molecule has 1 unspecified atom stereocenters. The van der Waals surface area contributed by atoms with Crippen LogP contribution < -0.4 is 4.74 Å². The number of ether oxygens (including phenoxy) is 1. The Morgan fingerprint density at radius 1 is 1.00 bits per heavy atom. The predicted octanol–water partition coefficient (Wildman–Crippen LogP) is 4.54. The maximum Gasteiger partial charge on any atom is 0.177 e. The lowest BCUT2D eigenvalue weighted by Gasteiger charge is -2.34.